The highest BCUT2D eigenvalue weighted by Gasteiger charge is 2.56. The van der Waals surface area contributed by atoms with Crippen LogP contribution in [0.2, 0.25) is 0 Å². The van der Waals surface area contributed by atoms with Crippen molar-refractivity contribution < 1.29 is 33.5 Å². The average Bonchev–Trinajstić information content (AvgIpc) is 2.13. The second-order valence-corrected chi connectivity index (χ2v) is 7.69. The molecule has 17 heavy (non-hydrogen) atoms. The van der Waals surface area contributed by atoms with E-state index in [4.69, 9.17) is 31.0 Å². The van der Waals surface area contributed by atoms with Crippen molar-refractivity contribution in [3.63, 3.8) is 0 Å². The maximum absolute atomic E-state index is 11.0. The number of nitrogens with two attached hydrogens (primary N) is 2. The lowest BCUT2D eigenvalue weighted by atomic mass is 10.2. The molecule has 102 valence electrons. The molecule has 0 heterocycles. The van der Waals surface area contributed by atoms with Crippen LogP contribution < -0.4 is 11.5 Å². The first-order chi connectivity index (χ1) is 7.45. The van der Waals surface area contributed by atoms with Crippen LogP contribution >= 0.6 is 15.2 Å². The SMILES string of the molecule is NCC(=O)CCCC(N)(P(=O)(O)O)P(=O)(O)O. The molecule has 0 fully saturated rings. The molecule has 0 radical (unpaired) electrons. The maximum atomic E-state index is 11.0. The Morgan fingerprint density at radius 2 is 1.53 bits per heavy atom. The van der Waals surface area contributed by atoms with E-state index < -0.39 is 26.6 Å². The molecule has 0 spiro atoms. The Labute approximate surface area is 97.5 Å². The third-order valence-electron chi connectivity index (χ3n) is 2.24. The van der Waals surface area contributed by atoms with Crippen LogP contribution in [0, 0.1) is 0 Å². The molecule has 11 heteroatoms. The van der Waals surface area contributed by atoms with Gasteiger partial charge >= 0.3 is 15.2 Å². The Morgan fingerprint density at radius 3 is 1.82 bits per heavy atom. The van der Waals surface area contributed by atoms with Crippen molar-refractivity contribution in [3.05, 3.63) is 0 Å². The zero-order chi connectivity index (χ0) is 13.9. The topological polar surface area (TPSA) is 184 Å². The van der Waals surface area contributed by atoms with Gasteiger partial charge in [-0.25, -0.2) is 0 Å². The molecule has 0 aliphatic heterocycles. The van der Waals surface area contributed by atoms with Gasteiger partial charge < -0.3 is 31.0 Å². The number of ketones is 1. The smallest absolute Gasteiger partial charge is 0.324 e. The van der Waals surface area contributed by atoms with Gasteiger partial charge in [0.05, 0.1) is 6.54 Å². The van der Waals surface area contributed by atoms with E-state index in [0.717, 1.165) is 0 Å². The number of hydrogen-bond acceptors (Lipinski definition) is 5. The van der Waals surface area contributed by atoms with Crippen LogP contribution in [0.4, 0.5) is 0 Å². The Hall–Kier alpha value is -0.110. The number of hydrogen-bond donors (Lipinski definition) is 6. The number of rotatable bonds is 7. The number of Topliss-reactive ketones (excluding diaryl/α,β-unsaturated/α-hetero) is 1. The minimum absolute atomic E-state index is 0.143. The second kappa shape index (κ2) is 5.69. The van der Waals surface area contributed by atoms with Gasteiger partial charge in [-0.15, -0.1) is 0 Å². The predicted octanol–water partition coefficient (Wildman–Crippen LogP) is -1.35. The number of carbonyl (C=O) groups is 1. The van der Waals surface area contributed by atoms with Crippen LogP contribution in [0.3, 0.4) is 0 Å². The summed E-state index contributed by atoms with van der Waals surface area (Å²) in [6.45, 7) is -0.247. The third kappa shape index (κ3) is 4.24. The van der Waals surface area contributed by atoms with E-state index in [0.29, 0.717) is 0 Å². The maximum Gasteiger partial charge on any atom is 0.357 e. The van der Waals surface area contributed by atoms with Crippen molar-refractivity contribution in [3.8, 4) is 0 Å². The lowest BCUT2D eigenvalue weighted by molar-refractivity contribution is -0.117. The van der Waals surface area contributed by atoms with E-state index in [9.17, 15) is 13.9 Å². The van der Waals surface area contributed by atoms with E-state index in [2.05, 4.69) is 0 Å². The van der Waals surface area contributed by atoms with Gasteiger partial charge in [0.15, 0.2) is 0 Å². The molecule has 0 amide bonds. The summed E-state index contributed by atoms with van der Waals surface area (Å²) in [5.41, 5.74) is 10.1. The standard InChI is InChI=1S/C6H16N2O7P2/c7-4-5(9)2-1-3-6(8,16(10,11)12)17(13,14)15/h1-4,7-8H2,(H2,10,11,12)(H2,13,14,15). The van der Waals surface area contributed by atoms with Gasteiger partial charge in [-0.1, -0.05) is 0 Å². The Balaban J connectivity index is 4.84. The predicted molar refractivity (Wildman–Crippen MR) is 58.9 cm³/mol. The monoisotopic (exact) mass is 290 g/mol. The van der Waals surface area contributed by atoms with Crippen LogP contribution in [-0.4, -0.2) is 36.9 Å². The molecule has 0 aromatic carbocycles. The highest BCUT2D eigenvalue weighted by molar-refractivity contribution is 7.72. The largest absolute Gasteiger partial charge is 0.357 e. The minimum Gasteiger partial charge on any atom is -0.324 e. The van der Waals surface area contributed by atoms with Crippen molar-refractivity contribution in [2.24, 2.45) is 11.5 Å². The summed E-state index contributed by atoms with van der Waals surface area (Å²) in [5, 5.41) is -2.95. The Kier molecular flexibility index (Phi) is 5.65. The molecule has 0 atom stereocenters. The summed E-state index contributed by atoms with van der Waals surface area (Å²) in [4.78, 5) is 46.4. The summed E-state index contributed by atoms with van der Waals surface area (Å²) in [7, 11) is -10.4. The van der Waals surface area contributed by atoms with Gasteiger partial charge in [-0.3, -0.25) is 13.9 Å². The van der Waals surface area contributed by atoms with E-state index >= 15 is 0 Å². The normalized spacial score (nSPS) is 13.8. The molecule has 0 unspecified atom stereocenters. The van der Waals surface area contributed by atoms with Crippen LogP contribution in [-0.2, 0) is 13.9 Å². The molecular weight excluding hydrogens is 274 g/mol. The number of carbonyl (C=O) groups excluding carboxylic acids is 1. The van der Waals surface area contributed by atoms with Crippen molar-refractivity contribution in [2.45, 2.75) is 24.3 Å². The lowest BCUT2D eigenvalue weighted by Crippen LogP contribution is -2.39. The molecule has 0 rings (SSSR count). The Bertz CT molecular complexity index is 351. The molecule has 0 saturated heterocycles. The average molecular weight is 290 g/mol. The first-order valence-electron chi connectivity index (χ1n) is 4.57. The van der Waals surface area contributed by atoms with Crippen molar-refractivity contribution in [1.29, 1.82) is 0 Å². The molecule has 9 nitrogen and oxygen atoms in total. The van der Waals surface area contributed by atoms with Crippen LogP contribution in [0.25, 0.3) is 0 Å². The summed E-state index contributed by atoms with van der Waals surface area (Å²) >= 11 is 0. The summed E-state index contributed by atoms with van der Waals surface area (Å²) < 4.78 is 22.0. The van der Waals surface area contributed by atoms with Gasteiger partial charge in [-0.2, -0.15) is 0 Å². The molecular formula is C6H16N2O7P2. The molecule has 0 bridgehead atoms. The van der Waals surface area contributed by atoms with Gasteiger partial charge in [0.2, 0.25) is 5.02 Å². The highest BCUT2D eigenvalue weighted by Crippen LogP contribution is 2.67. The quantitative estimate of drug-likeness (QED) is 0.308. The molecule has 8 N–H and O–H groups in total. The first kappa shape index (κ1) is 16.9. The fourth-order valence-corrected chi connectivity index (χ4v) is 3.37. The zero-order valence-corrected chi connectivity index (χ0v) is 10.7. The lowest BCUT2D eigenvalue weighted by Gasteiger charge is -2.30. The Morgan fingerprint density at radius 1 is 1.12 bits per heavy atom. The van der Waals surface area contributed by atoms with Crippen LogP contribution in [0.5, 0.6) is 0 Å². The molecule has 0 aromatic rings. The molecule has 0 saturated carbocycles. The van der Waals surface area contributed by atoms with Crippen LogP contribution in [0.15, 0.2) is 0 Å². The van der Waals surface area contributed by atoms with E-state index in [-0.39, 0.29) is 25.2 Å². The van der Waals surface area contributed by atoms with Crippen molar-refractivity contribution in [2.75, 3.05) is 6.54 Å². The summed E-state index contributed by atoms with van der Waals surface area (Å²) in [6.07, 6.45) is -0.981. The molecule has 0 aliphatic rings. The van der Waals surface area contributed by atoms with Gasteiger partial charge in [0.1, 0.15) is 5.78 Å². The highest BCUT2D eigenvalue weighted by atomic mass is 31.2. The summed E-state index contributed by atoms with van der Waals surface area (Å²) in [6, 6.07) is 0. The van der Waals surface area contributed by atoms with Gasteiger partial charge in [0.25, 0.3) is 0 Å². The van der Waals surface area contributed by atoms with E-state index in [1.807, 2.05) is 0 Å². The fraction of sp³-hybridized carbons (Fsp3) is 0.833. The zero-order valence-electron chi connectivity index (χ0n) is 8.89. The summed E-state index contributed by atoms with van der Waals surface area (Å²) in [5.74, 6) is -0.385. The first-order valence-corrected chi connectivity index (χ1v) is 7.80. The van der Waals surface area contributed by atoms with E-state index in [1.54, 1.807) is 0 Å². The van der Waals surface area contributed by atoms with Crippen LogP contribution in [0.1, 0.15) is 19.3 Å². The van der Waals surface area contributed by atoms with E-state index in [1.165, 1.54) is 0 Å². The minimum atomic E-state index is -5.21. The van der Waals surface area contributed by atoms with Crippen molar-refractivity contribution in [1.82, 2.24) is 0 Å². The third-order valence-corrected chi connectivity index (χ3v) is 6.26. The van der Waals surface area contributed by atoms with Crippen molar-refractivity contribution >= 4 is 21.0 Å². The van der Waals surface area contributed by atoms with Gasteiger partial charge in [-0.05, 0) is 12.8 Å². The molecule has 0 aliphatic carbocycles. The molecule has 0 aromatic heterocycles. The van der Waals surface area contributed by atoms with Gasteiger partial charge in [0, 0.05) is 6.42 Å². The second-order valence-electron chi connectivity index (χ2n) is 3.56. The fourth-order valence-electron chi connectivity index (χ4n) is 1.11.